The van der Waals surface area contributed by atoms with E-state index in [0.29, 0.717) is 16.9 Å². The number of rotatable bonds is 4. The summed E-state index contributed by atoms with van der Waals surface area (Å²) >= 11 is 0. The lowest BCUT2D eigenvalue weighted by atomic mass is 9.98. The molecule has 2 heterocycles. The van der Waals surface area contributed by atoms with Gasteiger partial charge in [-0.1, -0.05) is 30.3 Å². The van der Waals surface area contributed by atoms with E-state index in [2.05, 4.69) is 5.43 Å². The highest BCUT2D eigenvalue weighted by Gasteiger charge is 2.40. The molecule has 1 atom stereocenters. The van der Waals surface area contributed by atoms with Crippen molar-refractivity contribution in [1.82, 2.24) is 15.0 Å². The number of aryl methyl sites for hydroxylation is 1. The van der Waals surface area contributed by atoms with Crippen molar-refractivity contribution in [3.63, 3.8) is 0 Å². The molecule has 0 radical (unpaired) electrons. The number of hydrogen-bond acceptors (Lipinski definition) is 3. The van der Waals surface area contributed by atoms with Crippen molar-refractivity contribution < 1.29 is 18.8 Å². The summed E-state index contributed by atoms with van der Waals surface area (Å²) in [5, 5.41) is 0.810. The number of amides is 3. The molecule has 0 bridgehead atoms. The summed E-state index contributed by atoms with van der Waals surface area (Å²) < 4.78 is 15.1. The lowest BCUT2D eigenvalue weighted by Crippen LogP contribution is -2.46. The lowest BCUT2D eigenvalue weighted by Gasteiger charge is -2.16. The molecule has 1 aliphatic rings. The van der Waals surface area contributed by atoms with Gasteiger partial charge in [0.1, 0.15) is 5.82 Å². The molecule has 6 nitrogen and oxygen atoms in total. The Labute approximate surface area is 172 Å². The lowest BCUT2D eigenvalue weighted by molar-refractivity contribution is -0.141. The molecule has 1 unspecified atom stereocenters. The Morgan fingerprint density at radius 1 is 1.03 bits per heavy atom. The summed E-state index contributed by atoms with van der Waals surface area (Å²) in [6.07, 6.45) is 0.0116. The van der Waals surface area contributed by atoms with Gasteiger partial charge in [0.05, 0.1) is 11.5 Å². The highest BCUT2D eigenvalue weighted by molar-refractivity contribution is 6.08. The molecule has 1 N–H and O–H groups in total. The second kappa shape index (κ2) is 7.59. The molecular formula is C23H20FN3O3. The molecule has 4 rings (SSSR count). The van der Waals surface area contributed by atoms with Crippen LogP contribution in [0, 0.1) is 19.7 Å². The highest BCUT2D eigenvalue weighted by atomic mass is 19.1. The zero-order chi connectivity index (χ0) is 21.4. The van der Waals surface area contributed by atoms with Crippen LogP contribution in [0.3, 0.4) is 0 Å². The van der Waals surface area contributed by atoms with Gasteiger partial charge in [-0.2, -0.15) is 5.01 Å². The second-order valence-corrected chi connectivity index (χ2v) is 7.27. The third kappa shape index (κ3) is 3.39. The van der Waals surface area contributed by atoms with E-state index in [4.69, 9.17) is 0 Å². The molecule has 30 heavy (non-hydrogen) atoms. The molecule has 1 aromatic heterocycles. The predicted molar refractivity (Wildman–Crippen MR) is 108 cm³/mol. The molecule has 0 saturated carbocycles. The van der Waals surface area contributed by atoms with Crippen LogP contribution in [0.1, 0.15) is 39.6 Å². The van der Waals surface area contributed by atoms with Gasteiger partial charge < -0.3 is 4.57 Å². The van der Waals surface area contributed by atoms with Crippen molar-refractivity contribution in [1.29, 1.82) is 0 Å². The second-order valence-electron chi connectivity index (χ2n) is 7.27. The van der Waals surface area contributed by atoms with Crippen molar-refractivity contribution in [2.75, 3.05) is 0 Å². The maximum absolute atomic E-state index is 13.2. The van der Waals surface area contributed by atoms with Gasteiger partial charge in [-0.3, -0.25) is 19.8 Å². The molecule has 0 spiro atoms. The van der Waals surface area contributed by atoms with Crippen molar-refractivity contribution in [2.45, 2.75) is 26.2 Å². The van der Waals surface area contributed by atoms with Crippen molar-refractivity contribution >= 4 is 17.7 Å². The largest absolute Gasteiger partial charge is 0.318 e. The van der Waals surface area contributed by atoms with Gasteiger partial charge in [-0.15, -0.1) is 0 Å². The predicted octanol–water partition coefficient (Wildman–Crippen LogP) is 3.42. The molecule has 152 valence electrons. The zero-order valence-electron chi connectivity index (χ0n) is 16.6. The average molecular weight is 405 g/mol. The maximum atomic E-state index is 13.2. The molecule has 1 aliphatic heterocycles. The molecule has 2 aromatic carbocycles. The summed E-state index contributed by atoms with van der Waals surface area (Å²) in [4.78, 5) is 38.0. The van der Waals surface area contributed by atoms with Crippen molar-refractivity contribution in [3.05, 3.63) is 89.0 Å². The topological polar surface area (TPSA) is 71.4 Å². The van der Waals surface area contributed by atoms with E-state index in [1.165, 1.54) is 12.1 Å². The van der Waals surface area contributed by atoms with Crippen LogP contribution in [0.25, 0.3) is 5.69 Å². The normalized spacial score (nSPS) is 16.2. The van der Waals surface area contributed by atoms with Gasteiger partial charge in [0.2, 0.25) is 5.91 Å². The molecule has 1 fully saturated rings. The Morgan fingerprint density at radius 2 is 1.70 bits per heavy atom. The zero-order valence-corrected chi connectivity index (χ0v) is 16.6. The van der Waals surface area contributed by atoms with Gasteiger partial charge >= 0.3 is 0 Å². The molecule has 3 amide bonds. The Kier molecular flexibility index (Phi) is 4.95. The van der Waals surface area contributed by atoms with Gasteiger partial charge in [-0.25, -0.2) is 4.39 Å². The maximum Gasteiger partial charge on any atom is 0.272 e. The Bertz CT molecular complexity index is 1140. The van der Waals surface area contributed by atoms with Crippen molar-refractivity contribution in [3.8, 4) is 5.69 Å². The first kappa shape index (κ1) is 19.6. The molecule has 1 saturated heterocycles. The summed E-state index contributed by atoms with van der Waals surface area (Å²) in [6.45, 7) is 3.58. The van der Waals surface area contributed by atoms with Gasteiger partial charge in [0.25, 0.3) is 11.8 Å². The van der Waals surface area contributed by atoms with Crippen LogP contribution in [-0.2, 0) is 9.59 Å². The summed E-state index contributed by atoms with van der Waals surface area (Å²) in [6, 6.07) is 16.6. The van der Waals surface area contributed by atoms with Gasteiger partial charge in [0.15, 0.2) is 0 Å². The number of carbonyl (C=O) groups is 3. The first-order valence-electron chi connectivity index (χ1n) is 9.54. The van der Waals surface area contributed by atoms with E-state index in [-0.39, 0.29) is 12.2 Å². The summed E-state index contributed by atoms with van der Waals surface area (Å²) in [5.74, 6) is -2.41. The number of imide groups is 1. The van der Waals surface area contributed by atoms with Crippen LogP contribution in [0.4, 0.5) is 4.39 Å². The van der Waals surface area contributed by atoms with Gasteiger partial charge in [0, 0.05) is 23.5 Å². The monoisotopic (exact) mass is 405 g/mol. The van der Waals surface area contributed by atoms with E-state index in [1.807, 2.05) is 17.6 Å². The van der Waals surface area contributed by atoms with Crippen molar-refractivity contribution in [2.24, 2.45) is 0 Å². The van der Waals surface area contributed by atoms with Gasteiger partial charge in [-0.05, 0) is 49.7 Å². The minimum Gasteiger partial charge on any atom is -0.318 e. The molecular weight excluding hydrogens is 385 g/mol. The SMILES string of the molecule is Cc1cc(C(=O)NN2C(=O)CC(c3ccccc3)C2=O)c(C)n1-c1ccc(F)cc1. The summed E-state index contributed by atoms with van der Waals surface area (Å²) in [5.41, 5.74) is 5.63. The number of nitrogens with zero attached hydrogens (tertiary/aromatic N) is 2. The van der Waals surface area contributed by atoms with E-state index >= 15 is 0 Å². The fraction of sp³-hybridized carbons (Fsp3) is 0.174. The van der Waals surface area contributed by atoms with Crippen LogP contribution < -0.4 is 5.43 Å². The van der Waals surface area contributed by atoms with Crippen LogP contribution in [-0.4, -0.2) is 27.3 Å². The number of halogens is 1. The van der Waals surface area contributed by atoms with E-state index in [1.54, 1.807) is 49.4 Å². The fourth-order valence-electron chi connectivity index (χ4n) is 3.84. The Morgan fingerprint density at radius 3 is 2.37 bits per heavy atom. The quantitative estimate of drug-likeness (QED) is 0.676. The number of aromatic nitrogens is 1. The first-order chi connectivity index (χ1) is 14.4. The average Bonchev–Trinajstić information content (AvgIpc) is 3.19. The number of hydrogen-bond donors (Lipinski definition) is 1. The third-order valence-electron chi connectivity index (χ3n) is 5.32. The number of hydrazine groups is 1. The Balaban J connectivity index is 1.57. The smallest absolute Gasteiger partial charge is 0.272 e. The number of benzene rings is 2. The van der Waals surface area contributed by atoms with E-state index < -0.39 is 23.6 Å². The van der Waals surface area contributed by atoms with E-state index in [9.17, 15) is 18.8 Å². The highest BCUT2D eigenvalue weighted by Crippen LogP contribution is 2.29. The van der Waals surface area contributed by atoms with Crippen LogP contribution in [0.5, 0.6) is 0 Å². The Hall–Kier alpha value is -3.74. The minimum absolute atomic E-state index is 0.0116. The van der Waals surface area contributed by atoms with Crippen LogP contribution in [0.15, 0.2) is 60.7 Å². The fourth-order valence-corrected chi connectivity index (χ4v) is 3.84. The minimum atomic E-state index is -0.606. The van der Waals surface area contributed by atoms with Crippen LogP contribution in [0.2, 0.25) is 0 Å². The van der Waals surface area contributed by atoms with E-state index in [0.717, 1.165) is 16.3 Å². The number of nitrogens with one attached hydrogen (secondary N) is 1. The first-order valence-corrected chi connectivity index (χ1v) is 9.54. The summed E-state index contributed by atoms with van der Waals surface area (Å²) in [7, 11) is 0. The van der Waals surface area contributed by atoms with Crippen LogP contribution >= 0.6 is 0 Å². The molecule has 3 aromatic rings. The molecule has 7 heteroatoms. The third-order valence-corrected chi connectivity index (χ3v) is 5.32. The standard InChI is InChI=1S/C23H20FN3O3/c1-14-12-19(15(2)26(14)18-10-8-17(24)9-11-18)22(29)25-27-21(28)13-20(23(27)30)16-6-4-3-5-7-16/h3-12,20H,13H2,1-2H3,(H,25,29). The molecule has 0 aliphatic carbocycles. The number of carbonyl (C=O) groups excluding carboxylic acids is 3.